The number of halogens is 2. The lowest BCUT2D eigenvalue weighted by Gasteiger charge is -2.32. The summed E-state index contributed by atoms with van der Waals surface area (Å²) in [5.74, 6) is 1.49. The number of aliphatic hydroxyl groups excluding tert-OH is 1. The molecule has 76 heavy (non-hydrogen) atoms. The molecule has 0 aliphatic heterocycles. The van der Waals surface area contributed by atoms with Crippen LogP contribution in [0.5, 0.6) is 0 Å². The number of aromatic nitrogens is 14. The molecule has 0 spiro atoms. The summed E-state index contributed by atoms with van der Waals surface area (Å²) >= 11 is 0. The molecular weight excluding hydrogens is 983 g/mol. The molecule has 3 atom stereocenters. The summed E-state index contributed by atoms with van der Waals surface area (Å²) in [5.41, 5.74) is 5.13. The van der Waals surface area contributed by atoms with Gasteiger partial charge in [0.2, 0.25) is 29.6 Å². The second-order valence-corrected chi connectivity index (χ2v) is 21.5. The second kappa shape index (κ2) is 21.7. The Labute approximate surface area is 438 Å². The van der Waals surface area contributed by atoms with Gasteiger partial charge in [-0.25, -0.2) is 19.0 Å². The topological polar surface area (TPSA) is 246 Å². The zero-order valence-corrected chi connectivity index (χ0v) is 44.5. The first-order valence-electron chi connectivity index (χ1n) is 26.2. The molecule has 2 saturated carbocycles. The molecule has 24 heteroatoms. The number of hydrogen-bond acceptors (Lipinski definition) is 18. The van der Waals surface area contributed by atoms with Crippen molar-refractivity contribution in [3.63, 3.8) is 0 Å². The van der Waals surface area contributed by atoms with Crippen molar-refractivity contribution in [2.24, 2.45) is 0 Å². The molecule has 1 unspecified atom stereocenters. The lowest BCUT2D eigenvalue weighted by molar-refractivity contribution is -0.0174. The van der Waals surface area contributed by atoms with Gasteiger partial charge in [0.15, 0.2) is 5.54 Å². The molecule has 10 rings (SSSR count). The molecule has 8 aromatic rings. The van der Waals surface area contributed by atoms with Gasteiger partial charge in [0, 0.05) is 90.1 Å². The second-order valence-electron chi connectivity index (χ2n) is 21.5. The largest absolute Gasteiger partial charge is 0.422 e. The Morgan fingerprint density at radius 3 is 1.68 bits per heavy atom. The molecule has 8 heterocycles. The molecule has 2 fully saturated rings. The molecule has 0 bridgehead atoms. The van der Waals surface area contributed by atoms with Crippen LogP contribution in [0.1, 0.15) is 159 Å². The molecule has 3 N–H and O–H groups in total. The van der Waals surface area contributed by atoms with Crippen LogP contribution in [-0.2, 0) is 25.3 Å². The average molecular weight is 1050 g/mol. The Hall–Kier alpha value is -6.76. The molecule has 0 aromatic carbocycles. The lowest BCUT2D eigenvalue weighted by Crippen LogP contribution is -2.39. The first-order chi connectivity index (χ1) is 36.5. The first-order valence-corrected chi connectivity index (χ1v) is 26.2. The number of alkyl halides is 2. The predicted molar refractivity (Wildman–Crippen MR) is 275 cm³/mol. The molecule has 2 aliphatic carbocycles. The fourth-order valence-corrected chi connectivity index (χ4v) is 10.5. The van der Waals surface area contributed by atoms with E-state index in [0.29, 0.717) is 36.9 Å². The van der Waals surface area contributed by atoms with Crippen LogP contribution in [0, 0.1) is 0 Å². The van der Waals surface area contributed by atoms with Crippen LogP contribution in [0.25, 0.3) is 33.3 Å². The van der Waals surface area contributed by atoms with E-state index in [1.165, 1.54) is 0 Å². The van der Waals surface area contributed by atoms with E-state index >= 15 is 0 Å². The van der Waals surface area contributed by atoms with Gasteiger partial charge in [0.1, 0.15) is 5.54 Å². The predicted octanol–water partition coefficient (Wildman–Crippen LogP) is 8.53. The number of methoxy groups -OCH3 is 2. The van der Waals surface area contributed by atoms with Crippen molar-refractivity contribution >= 4 is 22.9 Å². The van der Waals surface area contributed by atoms with Crippen molar-refractivity contribution in [3.05, 3.63) is 84.3 Å². The molecular formula is C52H68F2N16O6. The Balaban J connectivity index is 0.909. The minimum Gasteiger partial charge on any atom is -0.422 e. The van der Waals surface area contributed by atoms with Gasteiger partial charge in [0.25, 0.3) is 5.89 Å². The number of nitrogens with zero attached hydrogens (tertiary/aromatic N) is 14. The van der Waals surface area contributed by atoms with E-state index in [2.05, 4.69) is 48.3 Å². The first kappa shape index (κ1) is 52.7. The van der Waals surface area contributed by atoms with Crippen LogP contribution in [0.2, 0.25) is 0 Å². The summed E-state index contributed by atoms with van der Waals surface area (Å²) in [6.07, 6.45) is 14.1. The molecule has 8 aromatic heterocycles. The van der Waals surface area contributed by atoms with Crippen molar-refractivity contribution in [1.82, 2.24) is 69.2 Å². The monoisotopic (exact) mass is 1050 g/mol. The summed E-state index contributed by atoms with van der Waals surface area (Å²) in [6, 6.07) is 4.29. The Morgan fingerprint density at radius 1 is 0.671 bits per heavy atom. The van der Waals surface area contributed by atoms with E-state index in [0.717, 1.165) is 96.0 Å². The maximum absolute atomic E-state index is 13.4. The normalized spacial score (nSPS) is 20.2. The van der Waals surface area contributed by atoms with Crippen LogP contribution in [0.3, 0.4) is 0 Å². The Bertz CT molecular complexity index is 3230. The van der Waals surface area contributed by atoms with Crippen LogP contribution in [0.15, 0.2) is 58.1 Å². The van der Waals surface area contributed by atoms with E-state index in [4.69, 9.17) is 48.3 Å². The van der Waals surface area contributed by atoms with Gasteiger partial charge in [0.05, 0.1) is 67.8 Å². The maximum Gasteiger partial charge on any atom is 0.314 e. The van der Waals surface area contributed by atoms with Crippen molar-refractivity contribution in [1.29, 1.82) is 0 Å². The molecule has 406 valence electrons. The van der Waals surface area contributed by atoms with Gasteiger partial charge in [-0.2, -0.15) is 19.0 Å². The van der Waals surface area contributed by atoms with Gasteiger partial charge in [-0.05, 0) is 98.1 Å². The summed E-state index contributed by atoms with van der Waals surface area (Å²) in [7, 11) is 3.32. The molecule has 22 nitrogen and oxygen atoms in total. The number of rotatable bonds is 21. The van der Waals surface area contributed by atoms with Crippen molar-refractivity contribution in [3.8, 4) is 22.3 Å². The lowest BCUT2D eigenvalue weighted by atomic mass is 9.85. The fraction of sp³-hybridized carbons (Fsp3) is 0.577. The maximum atomic E-state index is 13.4. The average Bonchev–Trinajstić information content (AvgIpc) is 4.28. The van der Waals surface area contributed by atoms with Crippen LogP contribution in [-0.4, -0.2) is 133 Å². The summed E-state index contributed by atoms with van der Waals surface area (Å²) in [6.45, 7) is 14.8. The van der Waals surface area contributed by atoms with Gasteiger partial charge in [-0.1, -0.05) is 13.8 Å². The number of hydrogen-bond donors (Lipinski definition) is 3. The third-order valence-electron chi connectivity index (χ3n) is 14.9. The van der Waals surface area contributed by atoms with Gasteiger partial charge >= 0.3 is 6.43 Å². The van der Waals surface area contributed by atoms with Crippen molar-refractivity contribution in [2.45, 2.75) is 159 Å². The third kappa shape index (κ3) is 10.5. The Kier molecular flexibility index (Phi) is 15.0. The quantitative estimate of drug-likeness (QED) is 0.0610. The number of fused-ring (bicyclic) bond motifs is 2. The van der Waals surface area contributed by atoms with Gasteiger partial charge in [-0.15, -0.1) is 30.6 Å². The van der Waals surface area contributed by atoms with E-state index < -0.39 is 23.4 Å². The zero-order valence-electron chi connectivity index (χ0n) is 44.5. The fourth-order valence-electron chi connectivity index (χ4n) is 10.5. The van der Waals surface area contributed by atoms with Crippen molar-refractivity contribution < 1.29 is 36.9 Å². The highest BCUT2D eigenvalue weighted by Crippen LogP contribution is 2.42. The number of aliphatic hydroxyl groups is 1. The minimum atomic E-state index is -2.89. The summed E-state index contributed by atoms with van der Waals surface area (Å²) in [4.78, 5) is 9.42. The molecule has 0 radical (unpaired) electrons. The summed E-state index contributed by atoms with van der Waals surface area (Å²) in [5, 5.41) is 53.2. The third-order valence-corrected chi connectivity index (χ3v) is 14.9. The minimum absolute atomic E-state index is 0.00000131. The molecule has 0 amide bonds. The highest BCUT2D eigenvalue weighted by atomic mass is 19.3. The van der Waals surface area contributed by atoms with Crippen LogP contribution in [0.4, 0.5) is 20.7 Å². The van der Waals surface area contributed by atoms with Gasteiger partial charge < -0.3 is 38.8 Å². The molecule has 2 aliphatic rings. The smallest absolute Gasteiger partial charge is 0.314 e. The standard InChI is InChI=1S/C52H68F2N16O6/c1-29(2)45-61-64-48(75-45)52(7,68-25-35(21-58-68)39-19-40(32-10-14-36(71)15-11-32)69-43(39)23-56-49(65-69)59-30(3)26-72-8)28-74-37-16-12-33(13-17-37)41-18-38(42-22-55-50(66-70(41)42)60-31(4)27-73-9)34-20-57-67(24-34)51(5,6)47-63-62-46(76-47)44(53)54/h18-25,29-33,36-37,44,71H,10-17,26-28H2,1-9H3,(H,59,65)(H,60,66)/t30-,31-,32-,33-,36-,37-,52?/m0/s1. The van der Waals surface area contributed by atoms with E-state index in [1.54, 1.807) is 45.1 Å². The van der Waals surface area contributed by atoms with Crippen LogP contribution < -0.4 is 10.6 Å². The molecule has 0 saturated heterocycles. The summed E-state index contributed by atoms with van der Waals surface area (Å²) < 4.78 is 63.7. The highest BCUT2D eigenvalue weighted by molar-refractivity contribution is 5.82. The van der Waals surface area contributed by atoms with E-state index in [-0.39, 0.29) is 54.5 Å². The number of anilines is 2. The zero-order chi connectivity index (χ0) is 53.5. The Morgan fingerprint density at radius 2 is 1.17 bits per heavy atom. The van der Waals surface area contributed by atoms with Crippen LogP contribution >= 0.6 is 0 Å². The van der Waals surface area contributed by atoms with Gasteiger partial charge in [-0.3, -0.25) is 9.36 Å². The van der Waals surface area contributed by atoms with E-state index in [1.807, 2.05) is 73.1 Å². The SMILES string of the molecule is COC[C@H](C)Nc1ncc2c(-c3cnn(C(C)(CO[C@H]4CC[C@H](c5cc(-c6cnn(C(C)(C)c7nnc(C(F)F)o7)c6)c6cnc(N[C@@H](C)COC)nn65)CC4)c4nnc(C(C)C)o4)c3)cc([C@H]3CC[C@H](O)CC3)n2n1. The van der Waals surface area contributed by atoms with E-state index in [9.17, 15) is 13.9 Å². The number of ether oxygens (including phenoxy) is 3. The number of nitrogens with one attached hydrogen (secondary N) is 2. The highest BCUT2D eigenvalue weighted by Gasteiger charge is 2.40. The van der Waals surface area contributed by atoms with Crippen molar-refractivity contribution in [2.75, 3.05) is 44.7 Å².